The number of nitrogen functional groups attached to an aromatic ring is 1. The number of benzene rings is 1. The summed E-state index contributed by atoms with van der Waals surface area (Å²) in [6.07, 6.45) is 3.42. The molecule has 0 radical (unpaired) electrons. The Hall–Kier alpha value is -1.42. The molecule has 14 heavy (non-hydrogen) atoms. The van der Waals surface area contributed by atoms with E-state index in [0.717, 1.165) is 0 Å². The van der Waals surface area contributed by atoms with Crippen molar-refractivity contribution in [3.05, 3.63) is 35.4 Å². The first-order valence-electron chi connectivity index (χ1n) is 4.06. The number of hydrogen-bond acceptors (Lipinski definition) is 3. The number of thiol groups is 1. The van der Waals surface area contributed by atoms with Gasteiger partial charge in [-0.1, -0.05) is 18.2 Å². The van der Waals surface area contributed by atoms with Crippen LogP contribution in [0.5, 0.6) is 0 Å². The van der Waals surface area contributed by atoms with Crippen LogP contribution in [0.4, 0.5) is 5.69 Å². The van der Waals surface area contributed by atoms with E-state index in [1.807, 2.05) is 0 Å². The first-order valence-corrected chi connectivity index (χ1v) is 4.69. The molecule has 1 rings (SSSR count). The van der Waals surface area contributed by atoms with Gasteiger partial charge in [-0.3, -0.25) is 0 Å². The van der Waals surface area contributed by atoms with Crippen LogP contribution in [-0.2, 0) is 0 Å². The molecule has 0 amide bonds. The van der Waals surface area contributed by atoms with E-state index in [1.165, 1.54) is 6.07 Å². The average molecular weight is 209 g/mol. The zero-order chi connectivity index (χ0) is 10.6. The van der Waals surface area contributed by atoms with Gasteiger partial charge in [0.25, 0.3) is 0 Å². The lowest BCUT2D eigenvalue weighted by Crippen LogP contribution is -2.02. The van der Waals surface area contributed by atoms with Gasteiger partial charge in [0, 0.05) is 17.0 Å². The van der Waals surface area contributed by atoms with Crippen LogP contribution in [0.3, 0.4) is 0 Å². The number of carboxylic acid groups (broad SMARTS) is 1. The SMILES string of the molecule is Nc1cccc(C(=O)O)c1C=CCS. The maximum absolute atomic E-state index is 10.8. The average Bonchev–Trinajstić information content (AvgIpc) is 2.15. The first-order chi connectivity index (χ1) is 6.66. The number of aromatic carboxylic acids is 1. The standard InChI is InChI=1S/C10H11NO2S/c11-9-5-1-3-8(10(12)13)7(9)4-2-6-14/h1-5,14H,6,11H2,(H,12,13). The summed E-state index contributed by atoms with van der Waals surface area (Å²) in [5.41, 5.74) is 6.87. The second kappa shape index (κ2) is 4.72. The minimum Gasteiger partial charge on any atom is -0.478 e. The van der Waals surface area contributed by atoms with E-state index in [4.69, 9.17) is 10.8 Å². The zero-order valence-electron chi connectivity index (χ0n) is 7.47. The molecule has 3 nitrogen and oxygen atoms in total. The molecule has 0 fully saturated rings. The van der Waals surface area contributed by atoms with Crippen molar-refractivity contribution in [3.63, 3.8) is 0 Å². The Bertz CT molecular complexity index is 374. The normalized spacial score (nSPS) is 10.6. The molecule has 74 valence electrons. The Morgan fingerprint density at radius 1 is 1.57 bits per heavy atom. The van der Waals surface area contributed by atoms with Crippen LogP contribution in [-0.4, -0.2) is 16.8 Å². The van der Waals surface area contributed by atoms with Crippen molar-refractivity contribution >= 4 is 30.4 Å². The predicted molar refractivity (Wildman–Crippen MR) is 60.7 cm³/mol. The highest BCUT2D eigenvalue weighted by molar-refractivity contribution is 7.80. The Labute approximate surface area is 87.7 Å². The summed E-state index contributed by atoms with van der Waals surface area (Å²) in [5, 5.41) is 8.88. The van der Waals surface area contributed by atoms with Crippen LogP contribution in [0, 0.1) is 0 Å². The molecule has 0 saturated heterocycles. The van der Waals surface area contributed by atoms with Crippen molar-refractivity contribution in [2.24, 2.45) is 0 Å². The zero-order valence-corrected chi connectivity index (χ0v) is 8.37. The smallest absolute Gasteiger partial charge is 0.336 e. The number of anilines is 1. The monoisotopic (exact) mass is 209 g/mol. The van der Waals surface area contributed by atoms with Crippen LogP contribution in [0.25, 0.3) is 6.08 Å². The molecule has 0 saturated carbocycles. The number of hydrogen-bond donors (Lipinski definition) is 3. The fourth-order valence-corrected chi connectivity index (χ4v) is 1.23. The molecule has 1 aromatic carbocycles. The predicted octanol–water partition coefficient (Wildman–Crippen LogP) is 1.91. The number of rotatable bonds is 3. The van der Waals surface area contributed by atoms with E-state index < -0.39 is 5.97 Å². The number of nitrogens with two attached hydrogens (primary N) is 1. The lowest BCUT2D eigenvalue weighted by Gasteiger charge is -2.04. The molecule has 4 heteroatoms. The highest BCUT2D eigenvalue weighted by atomic mass is 32.1. The summed E-state index contributed by atoms with van der Waals surface area (Å²) in [6, 6.07) is 4.82. The molecule has 0 heterocycles. The molecular weight excluding hydrogens is 198 g/mol. The third-order valence-corrected chi connectivity index (χ3v) is 1.97. The topological polar surface area (TPSA) is 63.3 Å². The fraction of sp³-hybridized carbons (Fsp3) is 0.100. The molecule has 0 unspecified atom stereocenters. The Morgan fingerprint density at radius 2 is 2.29 bits per heavy atom. The van der Waals surface area contributed by atoms with E-state index in [2.05, 4.69) is 12.6 Å². The summed E-state index contributed by atoms with van der Waals surface area (Å²) in [7, 11) is 0. The third-order valence-electron chi connectivity index (χ3n) is 1.76. The maximum Gasteiger partial charge on any atom is 0.336 e. The van der Waals surface area contributed by atoms with Gasteiger partial charge in [0.05, 0.1) is 5.56 Å². The summed E-state index contributed by atoms with van der Waals surface area (Å²) >= 11 is 4.00. The van der Waals surface area contributed by atoms with E-state index in [0.29, 0.717) is 17.0 Å². The quantitative estimate of drug-likeness (QED) is 0.526. The van der Waals surface area contributed by atoms with E-state index in [-0.39, 0.29) is 5.56 Å². The molecule has 0 bridgehead atoms. The van der Waals surface area contributed by atoms with E-state index in [9.17, 15) is 4.79 Å². The summed E-state index contributed by atoms with van der Waals surface area (Å²) in [4.78, 5) is 10.8. The second-order valence-corrected chi connectivity index (χ2v) is 3.06. The van der Waals surface area contributed by atoms with Crippen LogP contribution >= 0.6 is 12.6 Å². The fourth-order valence-electron chi connectivity index (χ4n) is 1.13. The van der Waals surface area contributed by atoms with Gasteiger partial charge < -0.3 is 10.8 Å². The van der Waals surface area contributed by atoms with Gasteiger partial charge >= 0.3 is 5.97 Å². The number of carbonyl (C=O) groups is 1. The summed E-state index contributed by atoms with van der Waals surface area (Å²) < 4.78 is 0. The van der Waals surface area contributed by atoms with Crippen molar-refractivity contribution in [2.45, 2.75) is 0 Å². The van der Waals surface area contributed by atoms with Gasteiger partial charge in [0.1, 0.15) is 0 Å². The molecule has 0 atom stereocenters. The van der Waals surface area contributed by atoms with E-state index in [1.54, 1.807) is 24.3 Å². The lowest BCUT2D eigenvalue weighted by molar-refractivity contribution is 0.0696. The van der Waals surface area contributed by atoms with Gasteiger partial charge in [-0.2, -0.15) is 12.6 Å². The van der Waals surface area contributed by atoms with E-state index >= 15 is 0 Å². The molecular formula is C10H11NO2S. The minimum absolute atomic E-state index is 0.211. The van der Waals surface area contributed by atoms with Crippen molar-refractivity contribution in [1.82, 2.24) is 0 Å². The van der Waals surface area contributed by atoms with Crippen molar-refractivity contribution in [3.8, 4) is 0 Å². The van der Waals surface area contributed by atoms with Gasteiger partial charge in [0.2, 0.25) is 0 Å². The third kappa shape index (κ3) is 2.29. The molecule has 0 aliphatic carbocycles. The van der Waals surface area contributed by atoms with Crippen LogP contribution < -0.4 is 5.73 Å². The van der Waals surface area contributed by atoms with Crippen molar-refractivity contribution < 1.29 is 9.90 Å². The highest BCUT2D eigenvalue weighted by Crippen LogP contribution is 2.18. The van der Waals surface area contributed by atoms with Crippen molar-refractivity contribution in [1.29, 1.82) is 0 Å². The van der Waals surface area contributed by atoms with Gasteiger partial charge in [-0.25, -0.2) is 4.79 Å². The van der Waals surface area contributed by atoms with Gasteiger partial charge in [-0.05, 0) is 12.1 Å². The van der Waals surface area contributed by atoms with Gasteiger partial charge in [0.15, 0.2) is 0 Å². The Kier molecular flexibility index (Phi) is 3.59. The molecule has 0 aliphatic rings. The van der Waals surface area contributed by atoms with Crippen LogP contribution in [0.2, 0.25) is 0 Å². The number of carboxylic acids is 1. The maximum atomic E-state index is 10.8. The molecule has 3 N–H and O–H groups in total. The van der Waals surface area contributed by atoms with Crippen LogP contribution in [0.1, 0.15) is 15.9 Å². The Balaban J connectivity index is 3.22. The molecule has 1 aromatic rings. The van der Waals surface area contributed by atoms with Gasteiger partial charge in [-0.15, -0.1) is 0 Å². The summed E-state index contributed by atoms with van der Waals surface area (Å²) in [6.45, 7) is 0. The largest absolute Gasteiger partial charge is 0.478 e. The first kappa shape index (κ1) is 10.7. The lowest BCUT2D eigenvalue weighted by atomic mass is 10.1. The molecule has 0 aliphatic heterocycles. The summed E-state index contributed by atoms with van der Waals surface area (Å²) in [5.74, 6) is -0.427. The van der Waals surface area contributed by atoms with Crippen LogP contribution in [0.15, 0.2) is 24.3 Å². The highest BCUT2D eigenvalue weighted by Gasteiger charge is 2.09. The second-order valence-electron chi connectivity index (χ2n) is 2.70. The Morgan fingerprint density at radius 3 is 2.86 bits per heavy atom. The molecule has 0 aromatic heterocycles. The molecule has 0 spiro atoms. The minimum atomic E-state index is -0.976. The van der Waals surface area contributed by atoms with Crippen molar-refractivity contribution in [2.75, 3.05) is 11.5 Å².